The molecule has 0 radical (unpaired) electrons. The van der Waals surface area contributed by atoms with Crippen molar-refractivity contribution in [3.63, 3.8) is 0 Å². The highest BCUT2D eigenvalue weighted by molar-refractivity contribution is 5.87. The van der Waals surface area contributed by atoms with E-state index >= 15 is 0 Å². The molecule has 1 N–H and O–H groups in total. The number of hydrogen-bond donors (Lipinski definition) is 1. The number of benzene rings is 1. The quantitative estimate of drug-likeness (QED) is 0.832. The lowest BCUT2D eigenvalue weighted by molar-refractivity contribution is 0.384. The van der Waals surface area contributed by atoms with E-state index in [2.05, 4.69) is 28.1 Å². The first-order valence-electron chi connectivity index (χ1n) is 6.81. The van der Waals surface area contributed by atoms with E-state index in [-0.39, 0.29) is 0 Å². The lowest BCUT2D eigenvalue weighted by atomic mass is 9.91. The lowest BCUT2D eigenvalue weighted by Crippen LogP contribution is -2.35. The van der Waals surface area contributed by atoms with Crippen LogP contribution >= 0.6 is 0 Å². The van der Waals surface area contributed by atoms with Crippen LogP contribution in [0.4, 0.5) is 0 Å². The van der Waals surface area contributed by atoms with E-state index in [9.17, 15) is 0 Å². The molecular formula is C15H18N2O. The summed E-state index contributed by atoms with van der Waals surface area (Å²) in [5, 5.41) is 5.08. The third-order valence-electron chi connectivity index (χ3n) is 4.40. The van der Waals surface area contributed by atoms with Crippen molar-refractivity contribution in [1.29, 1.82) is 0 Å². The monoisotopic (exact) mass is 242 g/mol. The zero-order chi connectivity index (χ0) is 12.1. The SMILES string of the molecule is COc1ccc2c3c4n(c2c1)CCNC4CCC3. The fraction of sp³-hybridized carbons (Fsp3) is 0.467. The van der Waals surface area contributed by atoms with Gasteiger partial charge in [0.2, 0.25) is 0 Å². The lowest BCUT2D eigenvalue weighted by Gasteiger charge is -2.31. The Kier molecular flexibility index (Phi) is 2.18. The number of hydrogen-bond acceptors (Lipinski definition) is 2. The Hall–Kier alpha value is -1.48. The molecule has 2 heterocycles. The second-order valence-electron chi connectivity index (χ2n) is 5.30. The average Bonchev–Trinajstić information content (AvgIpc) is 2.76. The third kappa shape index (κ3) is 1.28. The molecule has 1 aliphatic carbocycles. The summed E-state index contributed by atoms with van der Waals surface area (Å²) in [6.45, 7) is 2.16. The van der Waals surface area contributed by atoms with Crippen molar-refractivity contribution in [2.24, 2.45) is 0 Å². The molecule has 94 valence electrons. The number of nitrogens with one attached hydrogen (secondary N) is 1. The minimum absolute atomic E-state index is 0.570. The molecule has 0 spiro atoms. The van der Waals surface area contributed by atoms with Crippen molar-refractivity contribution >= 4 is 10.9 Å². The van der Waals surface area contributed by atoms with Crippen LogP contribution in [-0.2, 0) is 13.0 Å². The van der Waals surface area contributed by atoms with Gasteiger partial charge in [0.05, 0.1) is 12.6 Å². The van der Waals surface area contributed by atoms with Gasteiger partial charge in [0.1, 0.15) is 5.75 Å². The van der Waals surface area contributed by atoms with Crippen molar-refractivity contribution < 1.29 is 4.74 Å². The predicted octanol–water partition coefficient (Wildman–Crippen LogP) is 2.63. The molecular weight excluding hydrogens is 224 g/mol. The van der Waals surface area contributed by atoms with Crippen molar-refractivity contribution in [3.05, 3.63) is 29.5 Å². The zero-order valence-electron chi connectivity index (χ0n) is 10.7. The number of nitrogens with zero attached hydrogens (tertiary/aromatic N) is 1. The van der Waals surface area contributed by atoms with E-state index in [1.54, 1.807) is 12.7 Å². The van der Waals surface area contributed by atoms with Crippen molar-refractivity contribution in [3.8, 4) is 5.75 Å². The topological polar surface area (TPSA) is 26.2 Å². The van der Waals surface area contributed by atoms with Crippen LogP contribution in [0, 0.1) is 0 Å². The number of methoxy groups -OCH3 is 1. The maximum absolute atomic E-state index is 5.37. The summed E-state index contributed by atoms with van der Waals surface area (Å²) in [6.07, 6.45) is 3.81. The molecule has 18 heavy (non-hydrogen) atoms. The van der Waals surface area contributed by atoms with Gasteiger partial charge in [-0.25, -0.2) is 0 Å². The van der Waals surface area contributed by atoms with Crippen LogP contribution in [0.3, 0.4) is 0 Å². The molecule has 1 aliphatic heterocycles. The van der Waals surface area contributed by atoms with Crippen molar-refractivity contribution in [2.75, 3.05) is 13.7 Å². The van der Waals surface area contributed by atoms with Crippen LogP contribution in [0.25, 0.3) is 10.9 Å². The summed E-state index contributed by atoms with van der Waals surface area (Å²) in [5.41, 5.74) is 4.46. The standard InChI is InChI=1S/C15H18N2O/c1-18-10-5-6-11-12-3-2-4-13-15(12)17(8-7-16-13)14(11)9-10/h5-6,9,13,16H,2-4,7-8H2,1H3. The molecule has 3 heteroatoms. The van der Waals surface area contributed by atoms with Crippen LogP contribution in [0.1, 0.15) is 30.1 Å². The van der Waals surface area contributed by atoms with E-state index in [1.807, 2.05) is 0 Å². The fourth-order valence-corrected chi connectivity index (χ4v) is 3.62. The molecule has 3 nitrogen and oxygen atoms in total. The Balaban J connectivity index is 2.05. The molecule has 1 atom stereocenters. The Morgan fingerprint density at radius 3 is 3.22 bits per heavy atom. The fourth-order valence-electron chi connectivity index (χ4n) is 3.62. The van der Waals surface area contributed by atoms with Gasteiger partial charge < -0.3 is 14.6 Å². The summed E-state index contributed by atoms with van der Waals surface area (Å²) in [4.78, 5) is 0. The molecule has 0 fully saturated rings. The van der Waals surface area contributed by atoms with Crippen LogP contribution in [-0.4, -0.2) is 18.2 Å². The van der Waals surface area contributed by atoms with Gasteiger partial charge in [-0.05, 0) is 37.0 Å². The smallest absolute Gasteiger partial charge is 0.120 e. The molecule has 0 saturated carbocycles. The van der Waals surface area contributed by atoms with Gasteiger partial charge in [-0.15, -0.1) is 0 Å². The Bertz CT molecular complexity index is 612. The highest BCUT2D eigenvalue weighted by Gasteiger charge is 2.29. The maximum atomic E-state index is 5.37. The molecule has 2 aromatic rings. The van der Waals surface area contributed by atoms with Gasteiger partial charge in [0.25, 0.3) is 0 Å². The molecule has 4 rings (SSSR count). The highest BCUT2D eigenvalue weighted by Crippen LogP contribution is 2.39. The van der Waals surface area contributed by atoms with Crippen molar-refractivity contribution in [2.45, 2.75) is 31.8 Å². The minimum atomic E-state index is 0.570. The summed E-state index contributed by atoms with van der Waals surface area (Å²) < 4.78 is 7.88. The molecule has 0 saturated heterocycles. The third-order valence-corrected chi connectivity index (χ3v) is 4.40. The second-order valence-corrected chi connectivity index (χ2v) is 5.30. The highest BCUT2D eigenvalue weighted by atomic mass is 16.5. The van der Waals surface area contributed by atoms with Crippen LogP contribution in [0.2, 0.25) is 0 Å². The molecule has 1 aromatic carbocycles. The summed E-state index contributed by atoms with van der Waals surface area (Å²) in [6, 6.07) is 7.08. The average molecular weight is 242 g/mol. The van der Waals surface area contributed by atoms with E-state index in [0.717, 1.165) is 18.8 Å². The Labute approximate surface area is 107 Å². The number of aryl methyl sites for hydroxylation is 1. The molecule has 0 amide bonds. The van der Waals surface area contributed by atoms with E-state index < -0.39 is 0 Å². The number of fused-ring (bicyclic) bond motifs is 3. The maximum Gasteiger partial charge on any atom is 0.120 e. The van der Waals surface area contributed by atoms with Gasteiger partial charge in [-0.3, -0.25) is 0 Å². The first kappa shape index (κ1) is 10.4. The first-order valence-corrected chi connectivity index (χ1v) is 6.81. The predicted molar refractivity (Wildman–Crippen MR) is 72.2 cm³/mol. The van der Waals surface area contributed by atoms with Gasteiger partial charge in [-0.1, -0.05) is 0 Å². The van der Waals surface area contributed by atoms with Crippen LogP contribution in [0.5, 0.6) is 5.75 Å². The summed E-state index contributed by atoms with van der Waals surface area (Å²) in [7, 11) is 1.74. The summed E-state index contributed by atoms with van der Waals surface area (Å²) >= 11 is 0. The Morgan fingerprint density at radius 2 is 2.33 bits per heavy atom. The minimum Gasteiger partial charge on any atom is -0.497 e. The van der Waals surface area contributed by atoms with Crippen LogP contribution in [0.15, 0.2) is 18.2 Å². The molecule has 1 unspecified atom stereocenters. The molecule has 2 aliphatic rings. The Morgan fingerprint density at radius 1 is 1.39 bits per heavy atom. The normalized spacial score (nSPS) is 21.9. The molecule has 1 aromatic heterocycles. The van der Waals surface area contributed by atoms with E-state index in [1.165, 1.54) is 35.9 Å². The van der Waals surface area contributed by atoms with E-state index in [4.69, 9.17) is 4.74 Å². The zero-order valence-corrected chi connectivity index (χ0v) is 10.7. The van der Waals surface area contributed by atoms with Crippen molar-refractivity contribution in [1.82, 2.24) is 9.88 Å². The number of rotatable bonds is 1. The molecule has 0 bridgehead atoms. The van der Waals surface area contributed by atoms with Gasteiger partial charge in [0, 0.05) is 36.3 Å². The van der Waals surface area contributed by atoms with Gasteiger partial charge in [0.15, 0.2) is 0 Å². The van der Waals surface area contributed by atoms with Gasteiger partial charge in [-0.2, -0.15) is 0 Å². The second kappa shape index (κ2) is 3.75. The van der Waals surface area contributed by atoms with Crippen LogP contribution < -0.4 is 10.1 Å². The van der Waals surface area contributed by atoms with E-state index in [0.29, 0.717) is 6.04 Å². The largest absolute Gasteiger partial charge is 0.497 e. The number of ether oxygens (including phenoxy) is 1. The summed E-state index contributed by atoms with van der Waals surface area (Å²) in [5.74, 6) is 0.962. The number of aromatic nitrogens is 1. The van der Waals surface area contributed by atoms with Gasteiger partial charge >= 0.3 is 0 Å². The first-order chi connectivity index (χ1) is 8.88.